The van der Waals surface area contributed by atoms with Crippen LogP contribution in [0.3, 0.4) is 0 Å². The molecular weight excluding hydrogens is 384 g/mol. The number of nitrogens with one attached hydrogen (secondary N) is 2. The summed E-state index contributed by atoms with van der Waals surface area (Å²) in [6.45, 7) is 6.84. The lowest BCUT2D eigenvalue weighted by Gasteiger charge is -2.35. The normalized spacial score (nSPS) is 19.5. The Morgan fingerprint density at radius 2 is 2.07 bits per heavy atom. The van der Waals surface area contributed by atoms with Crippen LogP contribution in [-0.2, 0) is 9.59 Å². The van der Waals surface area contributed by atoms with E-state index in [1.54, 1.807) is 45.9 Å². The molecule has 0 radical (unpaired) electrons. The quantitative estimate of drug-likeness (QED) is 0.797. The van der Waals surface area contributed by atoms with E-state index < -0.39 is 22.5 Å². The molecule has 2 N–H and O–H groups in total. The summed E-state index contributed by atoms with van der Waals surface area (Å²) >= 11 is 7.15. The molecule has 6 nitrogen and oxygen atoms in total. The van der Waals surface area contributed by atoms with Crippen LogP contribution in [0.2, 0.25) is 5.02 Å². The second-order valence-electron chi connectivity index (χ2n) is 6.75. The van der Waals surface area contributed by atoms with Gasteiger partial charge >= 0.3 is 0 Å². The van der Waals surface area contributed by atoms with Crippen molar-refractivity contribution in [3.05, 3.63) is 39.4 Å². The van der Waals surface area contributed by atoms with Crippen molar-refractivity contribution in [2.45, 2.75) is 32.9 Å². The molecule has 0 spiro atoms. The van der Waals surface area contributed by atoms with Gasteiger partial charge in [-0.25, -0.2) is 0 Å². The Morgan fingerprint density at radius 1 is 1.41 bits per heavy atom. The molecule has 140 valence electrons. The van der Waals surface area contributed by atoms with Gasteiger partial charge < -0.3 is 10.6 Å². The highest BCUT2D eigenvalue weighted by molar-refractivity contribution is 8.04. The molecule has 2 amide bonds. The SMILES string of the molecule is Cc1c(Cl)cccc1NC(=O)[C@@H](C)SC1=C(C#N)C(C)(C)[C@@H](C#N)C(=O)N1. The van der Waals surface area contributed by atoms with Crippen LogP contribution in [0.5, 0.6) is 0 Å². The maximum atomic E-state index is 12.6. The molecule has 0 aromatic heterocycles. The maximum Gasteiger partial charge on any atom is 0.243 e. The van der Waals surface area contributed by atoms with E-state index in [4.69, 9.17) is 11.6 Å². The minimum Gasteiger partial charge on any atom is -0.325 e. The van der Waals surface area contributed by atoms with Gasteiger partial charge in [-0.15, -0.1) is 0 Å². The van der Waals surface area contributed by atoms with Crippen LogP contribution in [-0.4, -0.2) is 17.1 Å². The molecule has 1 aromatic carbocycles. The highest BCUT2D eigenvalue weighted by Gasteiger charge is 2.45. The van der Waals surface area contributed by atoms with Crippen molar-refractivity contribution in [2.75, 3.05) is 5.32 Å². The van der Waals surface area contributed by atoms with Crippen LogP contribution < -0.4 is 10.6 Å². The van der Waals surface area contributed by atoms with E-state index in [1.807, 2.05) is 6.07 Å². The number of thioether (sulfide) groups is 1. The van der Waals surface area contributed by atoms with Gasteiger partial charge in [0.2, 0.25) is 11.8 Å². The van der Waals surface area contributed by atoms with Crippen molar-refractivity contribution in [2.24, 2.45) is 11.3 Å². The van der Waals surface area contributed by atoms with Gasteiger partial charge in [-0.05, 0) is 31.5 Å². The zero-order valence-corrected chi connectivity index (χ0v) is 17.0. The second kappa shape index (κ2) is 8.04. The Labute approximate surface area is 167 Å². The van der Waals surface area contributed by atoms with E-state index in [0.29, 0.717) is 15.7 Å². The van der Waals surface area contributed by atoms with Crippen LogP contribution >= 0.6 is 23.4 Å². The minimum atomic E-state index is -0.963. The van der Waals surface area contributed by atoms with Crippen molar-refractivity contribution >= 4 is 40.9 Å². The molecule has 0 saturated heterocycles. The molecule has 2 atom stereocenters. The number of rotatable bonds is 4. The number of hydrogen-bond acceptors (Lipinski definition) is 5. The zero-order chi connectivity index (χ0) is 20.4. The smallest absolute Gasteiger partial charge is 0.243 e. The van der Waals surface area contributed by atoms with Crippen LogP contribution in [0, 0.1) is 40.9 Å². The van der Waals surface area contributed by atoms with E-state index in [9.17, 15) is 20.1 Å². The van der Waals surface area contributed by atoms with E-state index in [0.717, 1.165) is 17.3 Å². The Hall–Kier alpha value is -2.48. The summed E-state index contributed by atoms with van der Waals surface area (Å²) in [4.78, 5) is 24.8. The van der Waals surface area contributed by atoms with Gasteiger partial charge in [-0.3, -0.25) is 9.59 Å². The molecule has 1 heterocycles. The molecule has 27 heavy (non-hydrogen) atoms. The van der Waals surface area contributed by atoms with Gasteiger partial charge in [0.05, 0.1) is 28.0 Å². The first-order valence-electron chi connectivity index (χ1n) is 8.21. The first-order chi connectivity index (χ1) is 12.6. The average molecular weight is 403 g/mol. The largest absolute Gasteiger partial charge is 0.325 e. The Morgan fingerprint density at radius 3 is 2.67 bits per heavy atom. The summed E-state index contributed by atoms with van der Waals surface area (Å²) in [5.74, 6) is -1.72. The number of amides is 2. The molecular formula is C19H19ClN4O2S. The van der Waals surface area contributed by atoms with Crippen LogP contribution in [0.25, 0.3) is 0 Å². The number of halogens is 1. The van der Waals surface area contributed by atoms with Gasteiger partial charge in [0.15, 0.2) is 0 Å². The number of carbonyl (C=O) groups excluding carboxylic acids is 2. The Bertz CT molecular complexity index is 911. The van der Waals surface area contributed by atoms with E-state index in [2.05, 4.69) is 16.7 Å². The fourth-order valence-corrected chi connectivity index (χ4v) is 4.00. The predicted octanol–water partition coefficient (Wildman–Crippen LogP) is 3.74. The summed E-state index contributed by atoms with van der Waals surface area (Å²) in [6.07, 6.45) is 0. The zero-order valence-electron chi connectivity index (χ0n) is 15.4. The highest BCUT2D eigenvalue weighted by Crippen LogP contribution is 2.42. The van der Waals surface area contributed by atoms with Crippen molar-refractivity contribution in [3.8, 4) is 12.1 Å². The Kier molecular flexibility index (Phi) is 6.20. The third kappa shape index (κ3) is 4.10. The standard InChI is InChI=1S/C19H19ClN4O2S/c1-10-14(20)6-5-7-15(10)23-16(25)11(2)27-18-13(9-22)19(3,4)12(8-21)17(26)24-18/h5-7,11-12H,1-4H3,(H,23,25)(H,24,26)/t11-,12+/m1/s1. The topological polar surface area (TPSA) is 106 Å². The lowest BCUT2D eigenvalue weighted by Crippen LogP contribution is -2.45. The Balaban J connectivity index is 2.24. The van der Waals surface area contributed by atoms with Crippen LogP contribution in [0.4, 0.5) is 5.69 Å². The predicted molar refractivity (Wildman–Crippen MR) is 106 cm³/mol. The summed E-state index contributed by atoms with van der Waals surface area (Å²) in [5, 5.41) is 24.5. The third-order valence-corrected chi connectivity index (χ3v) is 6.04. The van der Waals surface area contributed by atoms with Gasteiger partial charge in [-0.2, -0.15) is 10.5 Å². The second-order valence-corrected chi connectivity index (χ2v) is 8.51. The number of nitriles is 2. The minimum absolute atomic E-state index is 0.287. The molecule has 1 aliphatic heterocycles. The number of nitrogens with zero attached hydrogens (tertiary/aromatic N) is 2. The summed E-state index contributed by atoms with van der Waals surface area (Å²) in [7, 11) is 0. The molecule has 0 fully saturated rings. The fraction of sp³-hybridized carbons (Fsp3) is 0.368. The summed E-state index contributed by atoms with van der Waals surface area (Å²) in [6, 6.07) is 9.26. The highest BCUT2D eigenvalue weighted by atomic mass is 35.5. The molecule has 0 bridgehead atoms. The molecule has 0 unspecified atom stereocenters. The molecule has 1 aromatic rings. The molecule has 0 aliphatic carbocycles. The van der Waals surface area contributed by atoms with E-state index in [1.165, 1.54) is 0 Å². The van der Waals surface area contributed by atoms with E-state index >= 15 is 0 Å². The average Bonchev–Trinajstić information content (AvgIpc) is 2.58. The number of carbonyl (C=O) groups is 2. The number of allylic oxidation sites excluding steroid dienone is 1. The molecule has 8 heteroatoms. The first kappa shape index (κ1) is 20.8. The molecule has 2 rings (SSSR count). The fourth-order valence-electron chi connectivity index (χ4n) is 2.72. The summed E-state index contributed by atoms with van der Waals surface area (Å²) in [5.41, 5.74) is 0.711. The maximum absolute atomic E-state index is 12.6. The monoisotopic (exact) mass is 402 g/mol. The summed E-state index contributed by atoms with van der Waals surface area (Å²) < 4.78 is 0. The van der Waals surface area contributed by atoms with Gasteiger partial charge in [0, 0.05) is 16.1 Å². The van der Waals surface area contributed by atoms with E-state index in [-0.39, 0.29) is 11.5 Å². The van der Waals surface area contributed by atoms with Gasteiger partial charge in [-0.1, -0.05) is 43.3 Å². The molecule has 1 aliphatic rings. The van der Waals surface area contributed by atoms with Crippen molar-refractivity contribution in [1.29, 1.82) is 10.5 Å². The van der Waals surface area contributed by atoms with Crippen LogP contribution in [0.15, 0.2) is 28.8 Å². The van der Waals surface area contributed by atoms with Crippen molar-refractivity contribution < 1.29 is 9.59 Å². The first-order valence-corrected chi connectivity index (χ1v) is 9.47. The lowest BCUT2D eigenvalue weighted by molar-refractivity contribution is -0.125. The van der Waals surface area contributed by atoms with Gasteiger partial charge in [0.1, 0.15) is 5.92 Å². The van der Waals surface area contributed by atoms with Crippen molar-refractivity contribution in [1.82, 2.24) is 5.32 Å². The van der Waals surface area contributed by atoms with Crippen LogP contribution in [0.1, 0.15) is 26.3 Å². The van der Waals surface area contributed by atoms with Crippen molar-refractivity contribution in [3.63, 3.8) is 0 Å². The third-order valence-electron chi connectivity index (χ3n) is 4.52. The number of hydrogen-bond donors (Lipinski definition) is 2. The lowest BCUT2D eigenvalue weighted by atomic mass is 9.72. The molecule has 0 saturated carbocycles. The number of benzene rings is 1. The number of anilines is 1. The van der Waals surface area contributed by atoms with Gasteiger partial charge in [0.25, 0.3) is 0 Å².